The molecule has 0 bridgehead atoms. The van der Waals surface area contributed by atoms with Gasteiger partial charge in [-0.25, -0.2) is 18.4 Å². The first-order chi connectivity index (χ1) is 32.3. The predicted molar refractivity (Wildman–Crippen MR) is 243 cm³/mol. The maximum atomic E-state index is 14.5. The van der Waals surface area contributed by atoms with E-state index in [9.17, 15) is 38.2 Å². The molecule has 2 N–H and O–H groups in total. The van der Waals surface area contributed by atoms with E-state index in [2.05, 4.69) is 9.97 Å². The number of benzene rings is 4. The molecule has 4 heterocycles. The Morgan fingerprint density at radius 1 is 0.627 bits per heavy atom. The number of likely N-dealkylation sites (tertiary alicyclic amines) is 2. The van der Waals surface area contributed by atoms with E-state index in [1.807, 2.05) is 18.2 Å². The quantitative estimate of drug-likeness (QED) is 0.119. The molecule has 2 aliphatic rings. The van der Waals surface area contributed by atoms with Gasteiger partial charge in [-0.1, -0.05) is 48.0 Å². The van der Waals surface area contributed by atoms with Gasteiger partial charge >= 0.3 is 11.9 Å². The number of carbonyl (C=O) groups excluding carboxylic acids is 2. The van der Waals surface area contributed by atoms with Crippen LogP contribution in [-0.2, 0) is 9.59 Å². The van der Waals surface area contributed by atoms with E-state index in [-0.39, 0.29) is 24.0 Å². The van der Waals surface area contributed by atoms with Crippen LogP contribution in [0.25, 0.3) is 22.3 Å². The average molecular weight is 935 g/mol. The molecule has 0 radical (unpaired) electrons. The van der Waals surface area contributed by atoms with Crippen LogP contribution in [0, 0.1) is 11.6 Å². The molecule has 14 nitrogen and oxygen atoms in total. The molecule has 0 saturated carbocycles. The number of aromatic nitrogens is 2. The van der Waals surface area contributed by atoms with Gasteiger partial charge in [0.25, 0.3) is 11.8 Å². The highest BCUT2D eigenvalue weighted by molar-refractivity contribution is 6.31. The Balaban J connectivity index is 0.000000199. The summed E-state index contributed by atoms with van der Waals surface area (Å²) in [6.07, 6.45) is 4.55. The zero-order valence-corrected chi connectivity index (χ0v) is 37.4. The number of methoxy groups -OCH3 is 4. The lowest BCUT2D eigenvalue weighted by Crippen LogP contribution is -2.42. The summed E-state index contributed by atoms with van der Waals surface area (Å²) in [6.45, 7) is 0. The van der Waals surface area contributed by atoms with Gasteiger partial charge in [0.05, 0.1) is 46.7 Å². The molecule has 0 unspecified atom stereocenters. The van der Waals surface area contributed by atoms with E-state index >= 15 is 0 Å². The van der Waals surface area contributed by atoms with Crippen LogP contribution < -0.4 is 18.9 Å². The number of aliphatic carboxylic acids is 2. The molecule has 2 fully saturated rings. The molecule has 2 aliphatic heterocycles. The molecule has 2 amide bonds. The van der Waals surface area contributed by atoms with Gasteiger partial charge in [0, 0.05) is 56.7 Å². The summed E-state index contributed by atoms with van der Waals surface area (Å²) in [4.78, 5) is 61.8. The van der Waals surface area contributed by atoms with Gasteiger partial charge in [-0.3, -0.25) is 14.6 Å². The summed E-state index contributed by atoms with van der Waals surface area (Å²) in [6, 6.07) is 23.8. The molecule has 4 aromatic carbocycles. The van der Waals surface area contributed by atoms with Gasteiger partial charge in [0.15, 0.2) is 0 Å². The maximum absolute atomic E-state index is 14.5. The molecule has 2 saturated heterocycles. The second-order valence-electron chi connectivity index (χ2n) is 15.5. The Labute approximate surface area is 389 Å². The normalized spacial score (nSPS) is 17.5. The highest BCUT2D eigenvalue weighted by Crippen LogP contribution is 2.42. The first-order valence-corrected chi connectivity index (χ1v) is 21.3. The van der Waals surface area contributed by atoms with E-state index in [0.29, 0.717) is 52.3 Å². The fraction of sp³-hybridized carbons (Fsp3) is 0.240. The fourth-order valence-electron chi connectivity index (χ4n) is 8.54. The first kappa shape index (κ1) is 47.4. The van der Waals surface area contributed by atoms with Gasteiger partial charge in [-0.05, 0) is 91.4 Å². The number of halogens is 3. The standard InChI is InChI=1S/C25H23ClN2O5.C25H22F2N2O5/c1-32-17-11-16(13-27-14-17)18-8-7-15(12-23(18)33-2)24(29)28-21(9-10-22(28)25(30)31)19-5-3-4-6-20(19)26;1-33-22-12-9-17(23(28-22)34-2)14-3-5-15(6-4-14)24(30)29-20(10-11-21(29)25(31)32)18-8-7-16(26)13-19(18)27/h3-8,11-14,21-22H,9-10H2,1-2H3,(H,30,31);3-9,12-13,20-21H,10-11H2,1-2H3,(H,31,32)/t21-,22+;20-,21+/m11/s1. The predicted octanol–water partition coefficient (Wildman–Crippen LogP) is 9.32. The van der Waals surface area contributed by atoms with Crippen LogP contribution in [0.15, 0.2) is 116 Å². The van der Waals surface area contributed by atoms with Crippen LogP contribution in [0.4, 0.5) is 8.78 Å². The van der Waals surface area contributed by atoms with E-state index in [4.69, 9.17) is 30.5 Å². The van der Waals surface area contributed by atoms with Crippen molar-refractivity contribution in [3.8, 4) is 45.5 Å². The van der Waals surface area contributed by atoms with Crippen molar-refractivity contribution in [1.82, 2.24) is 19.8 Å². The van der Waals surface area contributed by atoms with Crippen LogP contribution in [0.5, 0.6) is 23.3 Å². The van der Waals surface area contributed by atoms with Gasteiger partial charge in [-0.15, -0.1) is 0 Å². The lowest BCUT2D eigenvalue weighted by atomic mass is 10.0. The summed E-state index contributed by atoms with van der Waals surface area (Å²) in [7, 11) is 6.06. The highest BCUT2D eigenvalue weighted by Gasteiger charge is 2.44. The second kappa shape index (κ2) is 20.7. The van der Waals surface area contributed by atoms with Gasteiger partial charge in [0.1, 0.15) is 35.2 Å². The third-order valence-corrected chi connectivity index (χ3v) is 12.1. The number of hydrogen-bond acceptors (Lipinski definition) is 10. The number of ether oxygens (including phenoxy) is 4. The van der Waals surface area contributed by atoms with E-state index in [1.165, 1.54) is 37.2 Å². The number of hydrogen-bond donors (Lipinski definition) is 2. The number of rotatable bonds is 12. The average Bonchev–Trinajstić information content (AvgIpc) is 4.00. The molecule has 8 rings (SSSR count). The molecular formula is C50H45ClF2N4O10. The molecule has 67 heavy (non-hydrogen) atoms. The summed E-state index contributed by atoms with van der Waals surface area (Å²) < 4.78 is 49.1. The number of carboxylic acids is 2. The van der Waals surface area contributed by atoms with Crippen LogP contribution in [0.3, 0.4) is 0 Å². The fourth-order valence-corrected chi connectivity index (χ4v) is 8.81. The lowest BCUT2D eigenvalue weighted by Gasteiger charge is -2.29. The summed E-state index contributed by atoms with van der Waals surface area (Å²) in [5.74, 6) is -2.92. The molecule has 0 spiro atoms. The van der Waals surface area contributed by atoms with Crippen molar-refractivity contribution in [2.75, 3.05) is 28.4 Å². The van der Waals surface area contributed by atoms with E-state index in [1.54, 1.807) is 86.2 Å². The van der Waals surface area contributed by atoms with Crippen molar-refractivity contribution in [3.63, 3.8) is 0 Å². The minimum atomic E-state index is -1.18. The third kappa shape index (κ3) is 9.99. The Morgan fingerprint density at radius 3 is 1.85 bits per heavy atom. The van der Waals surface area contributed by atoms with Gasteiger partial charge < -0.3 is 39.0 Å². The zero-order chi connectivity index (χ0) is 47.9. The third-order valence-electron chi connectivity index (χ3n) is 11.8. The SMILES string of the molecule is COc1ccc(-c2ccc(C(=O)N3[C@@H](c4ccc(F)cc4F)CC[C@H]3C(=O)O)cc2)c(OC)n1.COc1cncc(-c2ccc(C(=O)N3[C@@H](c4ccccc4Cl)CC[C@H]3C(=O)O)cc2OC)c1. The number of carboxylic acid groups (broad SMARTS) is 2. The second-order valence-corrected chi connectivity index (χ2v) is 15.9. The first-order valence-electron chi connectivity index (χ1n) is 21.0. The minimum Gasteiger partial charge on any atom is -0.496 e. The van der Waals surface area contributed by atoms with Crippen molar-refractivity contribution >= 4 is 35.4 Å². The number of nitrogens with zero attached hydrogens (tertiary/aromatic N) is 4. The smallest absolute Gasteiger partial charge is 0.326 e. The molecule has 2 aromatic heterocycles. The topological polar surface area (TPSA) is 178 Å². The molecular weight excluding hydrogens is 890 g/mol. The van der Waals surface area contributed by atoms with Crippen LogP contribution in [-0.4, -0.2) is 94.3 Å². The van der Waals surface area contributed by atoms with Crippen LogP contribution >= 0.6 is 11.6 Å². The number of amides is 2. The van der Waals surface area contributed by atoms with Gasteiger partial charge in [-0.2, -0.15) is 4.98 Å². The van der Waals surface area contributed by atoms with Crippen molar-refractivity contribution < 1.29 is 57.1 Å². The maximum Gasteiger partial charge on any atom is 0.326 e. The molecule has 4 atom stereocenters. The lowest BCUT2D eigenvalue weighted by molar-refractivity contribution is -0.142. The minimum absolute atomic E-state index is 0.0872. The van der Waals surface area contributed by atoms with E-state index < -0.39 is 59.6 Å². The van der Waals surface area contributed by atoms with Crippen molar-refractivity contribution in [2.24, 2.45) is 0 Å². The van der Waals surface area contributed by atoms with Crippen molar-refractivity contribution in [2.45, 2.75) is 49.9 Å². The number of carbonyl (C=O) groups is 4. The molecule has 346 valence electrons. The van der Waals surface area contributed by atoms with Crippen LogP contribution in [0.1, 0.15) is 69.6 Å². The van der Waals surface area contributed by atoms with Crippen LogP contribution in [0.2, 0.25) is 5.02 Å². The van der Waals surface area contributed by atoms with Crippen molar-refractivity contribution in [1.29, 1.82) is 0 Å². The molecule has 17 heteroatoms. The Morgan fingerprint density at radius 2 is 1.25 bits per heavy atom. The van der Waals surface area contributed by atoms with E-state index in [0.717, 1.165) is 34.4 Å². The summed E-state index contributed by atoms with van der Waals surface area (Å²) in [5.41, 5.74) is 4.30. The highest BCUT2D eigenvalue weighted by atomic mass is 35.5. The largest absolute Gasteiger partial charge is 0.496 e. The monoisotopic (exact) mass is 934 g/mol. The number of pyridine rings is 2. The van der Waals surface area contributed by atoms with Gasteiger partial charge in [0.2, 0.25) is 11.8 Å². The summed E-state index contributed by atoms with van der Waals surface area (Å²) in [5, 5.41) is 20.0. The molecule has 6 aromatic rings. The zero-order valence-electron chi connectivity index (χ0n) is 36.7. The van der Waals surface area contributed by atoms with Crippen molar-refractivity contribution in [3.05, 3.63) is 154 Å². The molecule has 0 aliphatic carbocycles. The Bertz CT molecular complexity index is 2810. The summed E-state index contributed by atoms with van der Waals surface area (Å²) >= 11 is 6.39. The Kier molecular flexibility index (Phi) is 14.6. The Hall–Kier alpha value is -7.59.